The Hall–Kier alpha value is -2.91. The van der Waals surface area contributed by atoms with E-state index in [2.05, 4.69) is 31.2 Å². The molecule has 3 aromatic rings. The van der Waals surface area contributed by atoms with Gasteiger partial charge in [0.25, 0.3) is 5.56 Å². The SMILES string of the molecule is CCOC(=O)Oc1c(-c2nc(Cc3ccc(C)cc3)sc2C)c(=O)n2n1CCOCC2. The summed E-state index contributed by atoms with van der Waals surface area (Å²) in [5.74, 6) is 0.157. The van der Waals surface area contributed by atoms with Gasteiger partial charge in [-0.15, -0.1) is 11.3 Å². The van der Waals surface area contributed by atoms with E-state index in [1.54, 1.807) is 16.3 Å². The van der Waals surface area contributed by atoms with Crippen molar-refractivity contribution in [1.29, 1.82) is 0 Å². The summed E-state index contributed by atoms with van der Waals surface area (Å²) < 4.78 is 19.1. The van der Waals surface area contributed by atoms with Crippen molar-refractivity contribution in [2.75, 3.05) is 19.8 Å². The molecule has 1 aliphatic rings. The lowest BCUT2D eigenvalue weighted by molar-refractivity contribution is 0.0990. The maximum Gasteiger partial charge on any atom is 0.515 e. The van der Waals surface area contributed by atoms with Gasteiger partial charge in [0.15, 0.2) is 0 Å². The van der Waals surface area contributed by atoms with Gasteiger partial charge in [-0.25, -0.2) is 19.1 Å². The Labute approximate surface area is 184 Å². The fourth-order valence-corrected chi connectivity index (χ4v) is 4.56. The molecule has 8 nitrogen and oxygen atoms in total. The van der Waals surface area contributed by atoms with E-state index in [0.717, 1.165) is 15.4 Å². The number of nitrogens with zero attached hydrogens (tertiary/aromatic N) is 3. The molecule has 4 rings (SSSR count). The van der Waals surface area contributed by atoms with E-state index in [9.17, 15) is 9.59 Å². The summed E-state index contributed by atoms with van der Waals surface area (Å²) in [6, 6.07) is 8.30. The summed E-state index contributed by atoms with van der Waals surface area (Å²) in [5, 5.41) is 0.896. The van der Waals surface area contributed by atoms with Gasteiger partial charge in [0, 0.05) is 11.3 Å². The lowest BCUT2D eigenvalue weighted by atomic mass is 10.1. The Morgan fingerprint density at radius 3 is 2.58 bits per heavy atom. The lowest BCUT2D eigenvalue weighted by Gasteiger charge is -2.10. The molecular formula is C22H25N3O5S. The zero-order chi connectivity index (χ0) is 22.0. The number of ether oxygens (including phenoxy) is 3. The Bertz CT molecular complexity index is 1140. The van der Waals surface area contributed by atoms with Gasteiger partial charge < -0.3 is 14.2 Å². The van der Waals surface area contributed by atoms with Crippen LogP contribution in [0.5, 0.6) is 5.88 Å². The summed E-state index contributed by atoms with van der Waals surface area (Å²) in [4.78, 5) is 31.1. The number of fused-ring (bicyclic) bond motifs is 1. The van der Waals surface area contributed by atoms with Crippen LogP contribution in [0, 0.1) is 13.8 Å². The molecule has 0 unspecified atom stereocenters. The molecule has 0 spiro atoms. The number of aryl methyl sites for hydroxylation is 2. The van der Waals surface area contributed by atoms with Gasteiger partial charge in [0.2, 0.25) is 5.88 Å². The maximum absolute atomic E-state index is 13.3. The van der Waals surface area contributed by atoms with Crippen molar-refractivity contribution in [1.82, 2.24) is 14.3 Å². The first kappa shape index (κ1) is 21.3. The van der Waals surface area contributed by atoms with Crippen molar-refractivity contribution in [3.63, 3.8) is 0 Å². The molecule has 31 heavy (non-hydrogen) atoms. The van der Waals surface area contributed by atoms with Gasteiger partial charge in [-0.2, -0.15) is 0 Å². The highest BCUT2D eigenvalue weighted by molar-refractivity contribution is 7.12. The summed E-state index contributed by atoms with van der Waals surface area (Å²) in [6.45, 7) is 7.45. The quantitative estimate of drug-likeness (QED) is 0.561. The molecular weight excluding hydrogens is 418 g/mol. The van der Waals surface area contributed by atoms with Crippen molar-refractivity contribution in [2.24, 2.45) is 0 Å². The Kier molecular flexibility index (Phi) is 6.24. The number of benzene rings is 1. The van der Waals surface area contributed by atoms with Crippen LogP contribution in [-0.2, 0) is 29.0 Å². The van der Waals surface area contributed by atoms with Crippen molar-refractivity contribution in [3.05, 3.63) is 55.6 Å². The minimum absolute atomic E-state index is 0.157. The number of carbonyl (C=O) groups excluding carboxylic acids is 1. The van der Waals surface area contributed by atoms with Crippen LogP contribution < -0.4 is 10.3 Å². The molecule has 0 saturated heterocycles. The second kappa shape index (κ2) is 9.07. The smallest absolute Gasteiger partial charge is 0.434 e. The van der Waals surface area contributed by atoms with E-state index < -0.39 is 6.16 Å². The highest BCUT2D eigenvalue weighted by Gasteiger charge is 2.29. The number of carbonyl (C=O) groups is 1. The molecule has 0 radical (unpaired) electrons. The van der Waals surface area contributed by atoms with E-state index in [1.165, 1.54) is 16.9 Å². The molecule has 164 valence electrons. The summed E-state index contributed by atoms with van der Waals surface area (Å²) >= 11 is 1.54. The average Bonchev–Trinajstić information content (AvgIpc) is 3.07. The van der Waals surface area contributed by atoms with Crippen molar-refractivity contribution < 1.29 is 19.0 Å². The van der Waals surface area contributed by atoms with E-state index in [4.69, 9.17) is 19.2 Å². The monoisotopic (exact) mass is 443 g/mol. The predicted molar refractivity (Wildman–Crippen MR) is 117 cm³/mol. The van der Waals surface area contributed by atoms with Crippen LogP contribution >= 0.6 is 11.3 Å². The Balaban J connectivity index is 1.76. The van der Waals surface area contributed by atoms with Crippen LogP contribution in [-0.4, -0.2) is 40.3 Å². The molecule has 0 N–H and O–H groups in total. The fourth-order valence-electron chi connectivity index (χ4n) is 3.59. The molecule has 0 fully saturated rings. The number of hydrogen-bond acceptors (Lipinski definition) is 7. The Morgan fingerprint density at radius 1 is 1.16 bits per heavy atom. The van der Waals surface area contributed by atoms with E-state index in [-0.39, 0.29) is 18.0 Å². The number of thiazole rings is 1. The molecule has 3 heterocycles. The van der Waals surface area contributed by atoms with Gasteiger partial charge in [-0.05, 0) is 26.3 Å². The molecule has 0 atom stereocenters. The van der Waals surface area contributed by atoms with Crippen LogP contribution in [0.25, 0.3) is 11.3 Å². The lowest BCUT2D eigenvalue weighted by Crippen LogP contribution is -2.24. The third kappa shape index (κ3) is 4.42. The highest BCUT2D eigenvalue weighted by Crippen LogP contribution is 2.34. The van der Waals surface area contributed by atoms with E-state index in [1.807, 2.05) is 6.92 Å². The number of aromatic nitrogens is 3. The zero-order valence-electron chi connectivity index (χ0n) is 17.8. The first-order valence-electron chi connectivity index (χ1n) is 10.3. The zero-order valence-corrected chi connectivity index (χ0v) is 18.7. The molecule has 1 aromatic carbocycles. The highest BCUT2D eigenvalue weighted by atomic mass is 32.1. The minimum Gasteiger partial charge on any atom is -0.434 e. The van der Waals surface area contributed by atoms with Crippen LogP contribution in [0.4, 0.5) is 4.79 Å². The molecule has 0 aliphatic carbocycles. The summed E-state index contributed by atoms with van der Waals surface area (Å²) in [5.41, 5.74) is 2.94. The van der Waals surface area contributed by atoms with Gasteiger partial charge in [-0.1, -0.05) is 29.8 Å². The largest absolute Gasteiger partial charge is 0.515 e. The van der Waals surface area contributed by atoms with Crippen molar-refractivity contribution in [3.8, 4) is 17.1 Å². The van der Waals surface area contributed by atoms with Crippen LogP contribution in [0.15, 0.2) is 29.1 Å². The minimum atomic E-state index is -0.845. The second-order valence-electron chi connectivity index (χ2n) is 7.30. The first-order chi connectivity index (χ1) is 15.0. The fraction of sp³-hybridized carbons (Fsp3) is 0.409. The normalized spacial score (nSPS) is 13.5. The maximum atomic E-state index is 13.3. The van der Waals surface area contributed by atoms with Gasteiger partial charge in [-0.3, -0.25) is 4.79 Å². The van der Waals surface area contributed by atoms with Crippen molar-refractivity contribution in [2.45, 2.75) is 40.3 Å². The van der Waals surface area contributed by atoms with E-state index >= 15 is 0 Å². The van der Waals surface area contributed by atoms with Gasteiger partial charge in [0.1, 0.15) is 5.56 Å². The van der Waals surface area contributed by atoms with E-state index in [0.29, 0.717) is 44.0 Å². The molecule has 0 saturated carbocycles. The molecule has 9 heteroatoms. The standard InChI is InChI=1S/C22H25N3O5S/c1-4-29-22(27)30-21-18(20(26)24-9-11-28-12-10-25(21)24)19-15(3)31-17(23-19)13-16-7-5-14(2)6-8-16/h5-8H,4,9-13H2,1-3H3. The first-order valence-corrected chi connectivity index (χ1v) is 11.1. The third-order valence-electron chi connectivity index (χ3n) is 5.08. The van der Waals surface area contributed by atoms with Crippen LogP contribution in [0.2, 0.25) is 0 Å². The third-order valence-corrected chi connectivity index (χ3v) is 6.05. The molecule has 2 aromatic heterocycles. The average molecular weight is 444 g/mol. The van der Waals surface area contributed by atoms with Crippen LogP contribution in [0.1, 0.15) is 27.9 Å². The summed E-state index contributed by atoms with van der Waals surface area (Å²) in [6.07, 6.45) is -0.176. The van der Waals surface area contributed by atoms with Gasteiger partial charge in [0.05, 0.1) is 43.6 Å². The molecule has 0 amide bonds. The van der Waals surface area contributed by atoms with Crippen molar-refractivity contribution >= 4 is 17.5 Å². The predicted octanol–water partition coefficient (Wildman–Crippen LogP) is 3.55. The topological polar surface area (TPSA) is 84.6 Å². The number of hydrogen-bond donors (Lipinski definition) is 0. The van der Waals surface area contributed by atoms with Gasteiger partial charge >= 0.3 is 6.16 Å². The van der Waals surface area contributed by atoms with Crippen LogP contribution in [0.3, 0.4) is 0 Å². The number of rotatable bonds is 5. The summed E-state index contributed by atoms with van der Waals surface area (Å²) in [7, 11) is 0. The Morgan fingerprint density at radius 2 is 1.87 bits per heavy atom. The molecule has 1 aliphatic heterocycles. The second-order valence-corrected chi connectivity index (χ2v) is 8.59. The molecule has 0 bridgehead atoms.